The minimum atomic E-state index is -0.435. The van der Waals surface area contributed by atoms with Crippen LogP contribution in [0.15, 0.2) is 42.5 Å². The van der Waals surface area contributed by atoms with Gasteiger partial charge in [-0.1, -0.05) is 18.2 Å². The second-order valence-electron chi connectivity index (χ2n) is 9.71. The van der Waals surface area contributed by atoms with Gasteiger partial charge in [0, 0.05) is 43.1 Å². The Labute approximate surface area is 213 Å². The molecule has 4 heterocycles. The van der Waals surface area contributed by atoms with Crippen molar-refractivity contribution in [3.05, 3.63) is 64.4 Å². The summed E-state index contributed by atoms with van der Waals surface area (Å²) in [5, 5.41) is 0. The van der Waals surface area contributed by atoms with Crippen molar-refractivity contribution in [2.24, 2.45) is 5.92 Å². The average Bonchev–Trinajstić information content (AvgIpc) is 3.68. The van der Waals surface area contributed by atoms with Crippen LogP contribution in [-0.2, 0) is 11.2 Å². The summed E-state index contributed by atoms with van der Waals surface area (Å²) in [5.74, 6) is 0.287. The number of carbonyl (C=O) groups excluding carboxylic acids is 2. The van der Waals surface area contributed by atoms with Crippen LogP contribution in [0.5, 0.6) is 0 Å². The number of thiophene rings is 1. The third kappa shape index (κ3) is 4.55. The Kier molecular flexibility index (Phi) is 6.31. The van der Waals surface area contributed by atoms with Crippen molar-refractivity contribution < 1.29 is 18.7 Å². The highest BCUT2D eigenvalue weighted by Crippen LogP contribution is 2.43. The number of anilines is 2. The Balaban J connectivity index is 1.31. The van der Waals surface area contributed by atoms with Gasteiger partial charge >= 0.3 is 0 Å². The zero-order valence-electron chi connectivity index (χ0n) is 20.0. The van der Waals surface area contributed by atoms with E-state index >= 15 is 0 Å². The van der Waals surface area contributed by atoms with Crippen LogP contribution in [0.3, 0.4) is 0 Å². The van der Waals surface area contributed by atoms with Crippen LogP contribution >= 0.6 is 11.3 Å². The highest BCUT2D eigenvalue weighted by Gasteiger charge is 2.30. The molecule has 0 N–H and O–H groups in total. The fraction of sp³-hybridized carbons (Fsp3) is 0.393. The number of hydrogen-bond acceptors (Lipinski definition) is 6. The number of Topliss-reactive ketones (excluding diaryl/α,β-unsaturated/α-hetero) is 1. The quantitative estimate of drug-likeness (QED) is 0.437. The fourth-order valence-corrected chi connectivity index (χ4v) is 6.19. The monoisotopic (exact) mass is 505 g/mol. The second-order valence-corrected chi connectivity index (χ2v) is 10.8. The molecule has 2 aliphatic heterocycles. The first-order valence-electron chi connectivity index (χ1n) is 12.6. The van der Waals surface area contributed by atoms with Gasteiger partial charge in [-0.15, -0.1) is 11.3 Å². The van der Waals surface area contributed by atoms with E-state index in [9.17, 15) is 14.0 Å². The van der Waals surface area contributed by atoms with E-state index in [0.29, 0.717) is 51.6 Å². The summed E-state index contributed by atoms with van der Waals surface area (Å²) in [6.45, 7) is 2.78. The first-order valence-corrected chi connectivity index (χ1v) is 13.5. The Morgan fingerprint density at radius 3 is 2.81 bits per heavy atom. The SMILES string of the molecule is O=C(CC1CC1)c1cc2c(s1)-c1ccccc1N(C(=O)c1ccc(F)c(N3CCCOCC3)n1)CC2. The lowest BCUT2D eigenvalue weighted by atomic mass is 10.1. The summed E-state index contributed by atoms with van der Waals surface area (Å²) in [6, 6.07) is 12.6. The molecule has 6 rings (SSSR count). The van der Waals surface area contributed by atoms with Gasteiger partial charge in [-0.3, -0.25) is 9.59 Å². The molecule has 0 radical (unpaired) electrons. The maximum Gasteiger partial charge on any atom is 0.276 e. The van der Waals surface area contributed by atoms with Gasteiger partial charge in [-0.2, -0.15) is 0 Å². The Hall–Kier alpha value is -3.10. The molecule has 0 atom stereocenters. The minimum Gasteiger partial charge on any atom is -0.380 e. The number of ketones is 1. The summed E-state index contributed by atoms with van der Waals surface area (Å²) < 4.78 is 20.2. The molecule has 1 amide bonds. The third-order valence-electron chi connectivity index (χ3n) is 7.11. The molecule has 1 aliphatic carbocycles. The molecule has 2 fully saturated rings. The average molecular weight is 506 g/mol. The lowest BCUT2D eigenvalue weighted by Crippen LogP contribution is -2.34. The van der Waals surface area contributed by atoms with Crippen LogP contribution in [0, 0.1) is 11.7 Å². The van der Waals surface area contributed by atoms with Crippen molar-refractivity contribution in [2.75, 3.05) is 42.6 Å². The first-order chi connectivity index (χ1) is 17.6. The van der Waals surface area contributed by atoms with Gasteiger partial charge in [-0.05, 0) is 61.4 Å². The van der Waals surface area contributed by atoms with Crippen LogP contribution in [0.2, 0.25) is 0 Å². The normalized spacial score (nSPS) is 17.7. The Morgan fingerprint density at radius 2 is 1.94 bits per heavy atom. The van der Waals surface area contributed by atoms with Crippen LogP contribution in [0.25, 0.3) is 10.4 Å². The molecule has 186 valence electrons. The summed E-state index contributed by atoms with van der Waals surface area (Å²) in [4.78, 5) is 36.5. The van der Waals surface area contributed by atoms with E-state index in [-0.39, 0.29) is 23.2 Å². The van der Waals surface area contributed by atoms with Crippen molar-refractivity contribution in [1.29, 1.82) is 0 Å². The molecule has 1 saturated carbocycles. The van der Waals surface area contributed by atoms with E-state index in [2.05, 4.69) is 4.98 Å². The predicted molar refractivity (Wildman–Crippen MR) is 139 cm³/mol. The number of pyridine rings is 1. The topological polar surface area (TPSA) is 62.7 Å². The number of ether oxygens (including phenoxy) is 1. The van der Waals surface area contributed by atoms with Gasteiger partial charge in [0.25, 0.3) is 5.91 Å². The predicted octanol–water partition coefficient (Wildman–Crippen LogP) is 5.36. The number of carbonyl (C=O) groups is 2. The van der Waals surface area contributed by atoms with Gasteiger partial charge in [0.05, 0.1) is 17.2 Å². The number of hydrogen-bond donors (Lipinski definition) is 0. The molecule has 8 heteroatoms. The van der Waals surface area contributed by atoms with E-state index in [4.69, 9.17) is 4.74 Å². The van der Waals surface area contributed by atoms with Gasteiger partial charge in [0.2, 0.25) is 0 Å². The maximum absolute atomic E-state index is 14.7. The van der Waals surface area contributed by atoms with Gasteiger partial charge in [0.1, 0.15) is 5.69 Å². The van der Waals surface area contributed by atoms with Crippen molar-refractivity contribution in [2.45, 2.75) is 32.1 Å². The summed E-state index contributed by atoms with van der Waals surface area (Å²) in [7, 11) is 0. The maximum atomic E-state index is 14.7. The molecule has 6 nitrogen and oxygen atoms in total. The lowest BCUT2D eigenvalue weighted by Gasteiger charge is -2.25. The summed E-state index contributed by atoms with van der Waals surface area (Å²) in [5.41, 5.74) is 3.05. The lowest BCUT2D eigenvalue weighted by molar-refractivity contribution is 0.0972. The number of aromatic nitrogens is 1. The molecular formula is C28H28FN3O3S. The molecular weight excluding hydrogens is 477 g/mol. The molecule has 0 unspecified atom stereocenters. The van der Waals surface area contributed by atoms with Crippen molar-refractivity contribution in [3.63, 3.8) is 0 Å². The Bertz CT molecular complexity index is 1310. The van der Waals surface area contributed by atoms with E-state index in [1.807, 2.05) is 35.2 Å². The smallest absolute Gasteiger partial charge is 0.276 e. The molecule has 3 aromatic rings. The number of amides is 1. The molecule has 3 aliphatic rings. The van der Waals surface area contributed by atoms with Crippen molar-refractivity contribution >= 4 is 34.5 Å². The minimum absolute atomic E-state index is 0.201. The standard InChI is InChI=1S/C28H28FN3O3S/c29-21-8-9-22(30-27(21)31-11-3-14-35-15-13-31)28(34)32-12-10-19-17-25(24(33)16-18-6-7-18)36-26(19)20-4-1-2-5-23(20)32/h1-2,4-5,8-9,17-18H,3,6-7,10-16H2. The highest BCUT2D eigenvalue weighted by atomic mass is 32.1. The molecule has 1 saturated heterocycles. The number of benzene rings is 1. The van der Waals surface area contributed by atoms with Crippen LogP contribution in [-0.4, -0.2) is 49.5 Å². The zero-order valence-corrected chi connectivity index (χ0v) is 20.9. The number of rotatable bonds is 5. The van der Waals surface area contributed by atoms with Crippen molar-refractivity contribution in [3.8, 4) is 10.4 Å². The molecule has 2 aromatic heterocycles. The second kappa shape index (κ2) is 9.75. The molecule has 36 heavy (non-hydrogen) atoms. The van der Waals surface area contributed by atoms with Crippen LogP contribution < -0.4 is 9.80 Å². The number of fused-ring (bicyclic) bond motifs is 3. The van der Waals surface area contributed by atoms with Gasteiger partial charge in [-0.25, -0.2) is 9.37 Å². The van der Waals surface area contributed by atoms with Crippen LogP contribution in [0.4, 0.5) is 15.9 Å². The number of nitrogens with zero attached hydrogens (tertiary/aromatic N) is 3. The van der Waals surface area contributed by atoms with E-state index in [0.717, 1.165) is 45.8 Å². The van der Waals surface area contributed by atoms with Gasteiger partial charge in [0.15, 0.2) is 17.4 Å². The molecule has 1 aromatic carbocycles. The molecule has 0 bridgehead atoms. The van der Waals surface area contributed by atoms with E-state index < -0.39 is 5.82 Å². The zero-order chi connectivity index (χ0) is 24.6. The summed E-state index contributed by atoms with van der Waals surface area (Å²) >= 11 is 1.53. The van der Waals surface area contributed by atoms with E-state index in [1.165, 1.54) is 23.5 Å². The summed E-state index contributed by atoms with van der Waals surface area (Å²) in [6.07, 6.45) is 4.36. The van der Waals surface area contributed by atoms with E-state index in [1.54, 1.807) is 4.90 Å². The Morgan fingerprint density at radius 1 is 1.08 bits per heavy atom. The highest BCUT2D eigenvalue weighted by molar-refractivity contribution is 7.17. The van der Waals surface area contributed by atoms with Gasteiger partial charge < -0.3 is 14.5 Å². The number of para-hydroxylation sites is 1. The fourth-order valence-electron chi connectivity index (χ4n) is 5.00. The van der Waals surface area contributed by atoms with Crippen molar-refractivity contribution in [1.82, 2.24) is 4.98 Å². The third-order valence-corrected chi connectivity index (χ3v) is 8.36. The largest absolute Gasteiger partial charge is 0.380 e. The molecule has 0 spiro atoms. The first kappa shape index (κ1) is 23.3. The number of halogens is 1. The van der Waals surface area contributed by atoms with Crippen LogP contribution in [0.1, 0.15) is 51.4 Å².